The monoisotopic (exact) mass is 500 g/mol. The van der Waals surface area contributed by atoms with Crippen LogP contribution in [0.3, 0.4) is 0 Å². The Kier molecular flexibility index (Phi) is 7.76. The number of hydrogen-bond donors (Lipinski definition) is 2. The number of hydrogen-bond acceptors (Lipinski definition) is 10. The minimum Gasteiger partial charge on any atom is -0.325 e. The van der Waals surface area contributed by atoms with Crippen LogP contribution in [-0.4, -0.2) is 64.8 Å². The first kappa shape index (κ1) is 24.0. The van der Waals surface area contributed by atoms with Crippen molar-refractivity contribution >= 4 is 61.4 Å². The second kappa shape index (κ2) is 10.3. The first-order chi connectivity index (χ1) is 15.1. The molecule has 1 aromatic carbocycles. The van der Waals surface area contributed by atoms with Gasteiger partial charge in [0.05, 0.1) is 16.9 Å². The topological polar surface area (TPSA) is 165 Å². The standard InChI is InChI=1S/C17H20N6O6S3/c1-32(28,29)22-7-5-11(6-8-22)15(25)19-16-20-21-17(31-16)30-10-14(24)18-12-3-2-4-13(9-12)23(26)27/h2-4,9,11H,5-8,10H2,1H3,(H,18,24)(H,19,20,25). The van der Waals surface area contributed by atoms with E-state index in [0.29, 0.717) is 41.1 Å². The van der Waals surface area contributed by atoms with Crippen molar-refractivity contribution in [2.24, 2.45) is 5.92 Å². The zero-order valence-corrected chi connectivity index (χ0v) is 19.3. The molecule has 2 amide bonds. The Balaban J connectivity index is 1.46. The average molecular weight is 501 g/mol. The fourth-order valence-electron chi connectivity index (χ4n) is 3.00. The first-order valence-corrected chi connectivity index (χ1v) is 13.0. The van der Waals surface area contributed by atoms with E-state index in [1.807, 2.05) is 0 Å². The van der Waals surface area contributed by atoms with Crippen molar-refractivity contribution in [2.75, 3.05) is 35.7 Å². The molecule has 1 aliphatic rings. The van der Waals surface area contributed by atoms with Gasteiger partial charge in [0.25, 0.3) is 5.69 Å². The van der Waals surface area contributed by atoms with Crippen LogP contribution in [0.4, 0.5) is 16.5 Å². The third-order valence-corrected chi connectivity index (χ3v) is 7.87. The van der Waals surface area contributed by atoms with Crippen LogP contribution in [-0.2, 0) is 19.6 Å². The fraction of sp³-hybridized carbons (Fsp3) is 0.412. The first-order valence-electron chi connectivity index (χ1n) is 9.38. The number of carbonyl (C=O) groups is 2. The van der Waals surface area contributed by atoms with Gasteiger partial charge >= 0.3 is 0 Å². The van der Waals surface area contributed by atoms with Crippen molar-refractivity contribution in [2.45, 2.75) is 17.2 Å². The molecule has 32 heavy (non-hydrogen) atoms. The van der Waals surface area contributed by atoms with E-state index >= 15 is 0 Å². The number of amides is 2. The number of nitrogens with zero attached hydrogens (tertiary/aromatic N) is 4. The summed E-state index contributed by atoms with van der Waals surface area (Å²) in [5.41, 5.74) is 0.193. The van der Waals surface area contributed by atoms with E-state index in [4.69, 9.17) is 0 Å². The molecule has 0 atom stereocenters. The SMILES string of the molecule is CS(=O)(=O)N1CCC(C(=O)Nc2nnc(SCC(=O)Nc3cccc([N+](=O)[O-])c3)s2)CC1. The Morgan fingerprint density at radius 1 is 1.28 bits per heavy atom. The predicted molar refractivity (Wildman–Crippen MR) is 120 cm³/mol. The maximum Gasteiger partial charge on any atom is 0.271 e. The number of rotatable bonds is 8. The molecule has 0 unspecified atom stereocenters. The highest BCUT2D eigenvalue weighted by Gasteiger charge is 2.29. The van der Waals surface area contributed by atoms with Crippen molar-refractivity contribution in [1.82, 2.24) is 14.5 Å². The molecule has 0 aliphatic carbocycles. The van der Waals surface area contributed by atoms with Crippen LogP contribution in [0.25, 0.3) is 0 Å². The highest BCUT2D eigenvalue weighted by atomic mass is 32.2. The number of non-ortho nitro benzene ring substituents is 1. The second-order valence-corrected chi connectivity index (χ2v) is 11.1. The van der Waals surface area contributed by atoms with Gasteiger partial charge in [-0.05, 0) is 18.9 Å². The predicted octanol–water partition coefficient (Wildman–Crippen LogP) is 1.79. The van der Waals surface area contributed by atoms with Gasteiger partial charge in [0, 0.05) is 36.8 Å². The summed E-state index contributed by atoms with van der Waals surface area (Å²) >= 11 is 2.24. The Morgan fingerprint density at radius 3 is 2.66 bits per heavy atom. The van der Waals surface area contributed by atoms with E-state index in [0.717, 1.165) is 29.4 Å². The zero-order chi connectivity index (χ0) is 23.3. The molecule has 1 aromatic heterocycles. The molecule has 1 saturated heterocycles. The number of carbonyl (C=O) groups excluding carboxylic acids is 2. The van der Waals surface area contributed by atoms with E-state index in [1.165, 1.54) is 22.5 Å². The van der Waals surface area contributed by atoms with Gasteiger partial charge in [-0.1, -0.05) is 29.2 Å². The lowest BCUT2D eigenvalue weighted by Crippen LogP contribution is -2.40. The van der Waals surface area contributed by atoms with Crippen LogP contribution >= 0.6 is 23.1 Å². The van der Waals surface area contributed by atoms with E-state index in [2.05, 4.69) is 20.8 Å². The highest BCUT2D eigenvalue weighted by molar-refractivity contribution is 8.01. The maximum absolute atomic E-state index is 12.4. The molecule has 0 radical (unpaired) electrons. The number of benzene rings is 1. The van der Waals surface area contributed by atoms with Gasteiger partial charge in [-0.3, -0.25) is 19.7 Å². The van der Waals surface area contributed by atoms with Gasteiger partial charge in [0.2, 0.25) is 27.0 Å². The van der Waals surface area contributed by atoms with Gasteiger partial charge in [-0.25, -0.2) is 12.7 Å². The van der Waals surface area contributed by atoms with Gasteiger partial charge in [0.1, 0.15) is 0 Å². The molecule has 0 saturated carbocycles. The third-order valence-electron chi connectivity index (χ3n) is 4.60. The molecule has 172 valence electrons. The Morgan fingerprint density at radius 2 is 2.00 bits per heavy atom. The number of aromatic nitrogens is 2. The molecular weight excluding hydrogens is 480 g/mol. The van der Waals surface area contributed by atoms with Crippen LogP contribution in [0.15, 0.2) is 28.6 Å². The molecule has 3 rings (SSSR count). The largest absolute Gasteiger partial charge is 0.325 e. The number of piperidine rings is 1. The summed E-state index contributed by atoms with van der Waals surface area (Å²) in [6, 6.07) is 5.62. The van der Waals surface area contributed by atoms with Crippen LogP contribution < -0.4 is 10.6 Å². The molecule has 2 N–H and O–H groups in total. The fourth-order valence-corrected chi connectivity index (χ4v) is 5.43. The molecule has 12 nitrogen and oxygen atoms in total. The summed E-state index contributed by atoms with van der Waals surface area (Å²) in [4.78, 5) is 34.8. The number of nitro benzene ring substituents is 1. The Hall–Kier alpha value is -2.62. The second-order valence-electron chi connectivity index (χ2n) is 6.94. The van der Waals surface area contributed by atoms with E-state index in [-0.39, 0.29) is 29.2 Å². The number of thioether (sulfide) groups is 1. The van der Waals surface area contributed by atoms with Crippen molar-refractivity contribution in [3.63, 3.8) is 0 Å². The number of nitro groups is 1. The van der Waals surface area contributed by atoms with Crippen molar-refractivity contribution < 1.29 is 22.9 Å². The Bertz CT molecular complexity index is 1110. The summed E-state index contributed by atoms with van der Waals surface area (Å²) in [7, 11) is -3.25. The summed E-state index contributed by atoms with van der Waals surface area (Å²) in [6.07, 6.45) is 2.01. The van der Waals surface area contributed by atoms with E-state index in [9.17, 15) is 28.1 Å². The van der Waals surface area contributed by atoms with Crippen molar-refractivity contribution in [3.05, 3.63) is 34.4 Å². The quantitative estimate of drug-likeness (QED) is 0.238. The summed E-state index contributed by atoms with van der Waals surface area (Å²) in [5, 5.41) is 24.2. The van der Waals surface area contributed by atoms with Gasteiger partial charge in [-0.15, -0.1) is 10.2 Å². The Labute approximate surface area is 192 Å². The van der Waals surface area contributed by atoms with E-state index < -0.39 is 14.9 Å². The van der Waals surface area contributed by atoms with Crippen molar-refractivity contribution in [3.8, 4) is 0 Å². The van der Waals surface area contributed by atoms with E-state index in [1.54, 1.807) is 6.07 Å². The third kappa shape index (κ3) is 6.69. The number of anilines is 2. The normalized spacial score (nSPS) is 15.3. The molecular formula is C17H20N6O6S3. The molecule has 2 heterocycles. The lowest BCUT2D eigenvalue weighted by molar-refractivity contribution is -0.384. The van der Waals surface area contributed by atoms with Crippen LogP contribution in [0, 0.1) is 16.0 Å². The summed E-state index contributed by atoms with van der Waals surface area (Å²) in [5.74, 6) is -0.910. The molecule has 1 fully saturated rings. The van der Waals surface area contributed by atoms with Crippen LogP contribution in [0.1, 0.15) is 12.8 Å². The number of sulfonamides is 1. The van der Waals surface area contributed by atoms with Gasteiger partial charge < -0.3 is 10.6 Å². The lowest BCUT2D eigenvalue weighted by Gasteiger charge is -2.29. The average Bonchev–Trinajstić information content (AvgIpc) is 3.19. The molecule has 0 bridgehead atoms. The van der Waals surface area contributed by atoms with Gasteiger partial charge in [0.15, 0.2) is 4.34 Å². The highest BCUT2D eigenvalue weighted by Crippen LogP contribution is 2.27. The zero-order valence-electron chi connectivity index (χ0n) is 16.9. The molecule has 0 spiro atoms. The maximum atomic E-state index is 12.4. The summed E-state index contributed by atoms with van der Waals surface area (Å²) < 4.78 is 25.0. The van der Waals surface area contributed by atoms with Crippen LogP contribution in [0.2, 0.25) is 0 Å². The minimum absolute atomic E-state index is 0.00915. The molecule has 15 heteroatoms. The van der Waals surface area contributed by atoms with Gasteiger partial charge in [-0.2, -0.15) is 0 Å². The molecule has 1 aliphatic heterocycles. The summed E-state index contributed by atoms with van der Waals surface area (Å²) in [6.45, 7) is 0.599. The minimum atomic E-state index is -3.25. The smallest absolute Gasteiger partial charge is 0.271 e. The lowest BCUT2D eigenvalue weighted by atomic mass is 9.97. The molecule has 2 aromatic rings. The van der Waals surface area contributed by atoms with Crippen LogP contribution in [0.5, 0.6) is 0 Å². The van der Waals surface area contributed by atoms with Crippen molar-refractivity contribution in [1.29, 1.82) is 0 Å². The number of nitrogens with one attached hydrogen (secondary N) is 2.